The quantitative estimate of drug-likeness (QED) is 0.705. The van der Waals surface area contributed by atoms with E-state index in [1.165, 1.54) is 16.7 Å². The largest absolute Gasteiger partial charge is 0.493 e. The summed E-state index contributed by atoms with van der Waals surface area (Å²) < 4.78 is 10.8. The topological polar surface area (TPSA) is 118 Å². The molecule has 138 valence electrons. The van der Waals surface area contributed by atoms with Crippen molar-refractivity contribution in [2.24, 2.45) is 0 Å². The molecule has 0 spiro atoms. The van der Waals surface area contributed by atoms with E-state index >= 15 is 0 Å². The van der Waals surface area contributed by atoms with Crippen molar-refractivity contribution in [1.29, 1.82) is 0 Å². The molecule has 26 heavy (non-hydrogen) atoms. The minimum Gasteiger partial charge on any atom is -0.493 e. The molecule has 0 amide bonds. The zero-order valence-corrected chi connectivity index (χ0v) is 14.4. The average molecular weight is 360 g/mol. The highest BCUT2D eigenvalue weighted by atomic mass is 16.5. The fourth-order valence-electron chi connectivity index (χ4n) is 2.73. The van der Waals surface area contributed by atoms with Crippen molar-refractivity contribution in [1.82, 2.24) is 10.3 Å². The molecule has 3 N–H and O–H groups in total. The van der Waals surface area contributed by atoms with Crippen LogP contribution >= 0.6 is 0 Å². The number of hydrogen-bond acceptors (Lipinski definition) is 6. The van der Waals surface area contributed by atoms with Gasteiger partial charge in [0.25, 0.3) is 0 Å². The van der Waals surface area contributed by atoms with Gasteiger partial charge in [0.15, 0.2) is 11.5 Å². The molecule has 2 aromatic rings. The molecule has 0 aliphatic carbocycles. The third-order valence-corrected chi connectivity index (χ3v) is 3.90. The minimum atomic E-state index is -1.82. The van der Waals surface area contributed by atoms with E-state index in [1.807, 2.05) is 12.3 Å². The summed E-state index contributed by atoms with van der Waals surface area (Å²) in [7, 11) is 3.34. The van der Waals surface area contributed by atoms with Gasteiger partial charge in [-0.05, 0) is 41.3 Å². The van der Waals surface area contributed by atoms with Gasteiger partial charge in [-0.25, -0.2) is 9.59 Å². The Morgan fingerprint density at radius 3 is 2.35 bits per heavy atom. The number of carboxylic acid groups (broad SMARTS) is 2. The molecule has 0 saturated heterocycles. The number of nitrogens with zero attached hydrogens (tertiary/aromatic N) is 1. The molecule has 2 heterocycles. The first-order chi connectivity index (χ1) is 12.5. The van der Waals surface area contributed by atoms with Crippen molar-refractivity contribution < 1.29 is 29.3 Å². The Labute approximate surface area is 150 Å². The van der Waals surface area contributed by atoms with Crippen LogP contribution in [0.5, 0.6) is 11.5 Å². The van der Waals surface area contributed by atoms with Crippen LogP contribution in [0, 0.1) is 0 Å². The number of carbonyl (C=O) groups is 2. The maximum Gasteiger partial charge on any atom is 0.414 e. The van der Waals surface area contributed by atoms with E-state index in [-0.39, 0.29) is 6.04 Å². The van der Waals surface area contributed by atoms with Gasteiger partial charge in [0.1, 0.15) is 0 Å². The van der Waals surface area contributed by atoms with E-state index in [2.05, 4.69) is 28.5 Å². The van der Waals surface area contributed by atoms with Gasteiger partial charge in [0.2, 0.25) is 0 Å². The molecule has 1 atom stereocenters. The van der Waals surface area contributed by atoms with Crippen LogP contribution < -0.4 is 14.8 Å². The molecular formula is C18H20N2O6. The van der Waals surface area contributed by atoms with Gasteiger partial charge in [-0.2, -0.15) is 0 Å². The zero-order chi connectivity index (χ0) is 19.1. The van der Waals surface area contributed by atoms with Gasteiger partial charge in [0, 0.05) is 18.9 Å². The Bertz CT molecular complexity index is 767. The Morgan fingerprint density at radius 2 is 1.81 bits per heavy atom. The number of fused-ring (bicyclic) bond motifs is 1. The molecule has 1 aromatic heterocycles. The molecule has 0 saturated carbocycles. The van der Waals surface area contributed by atoms with Gasteiger partial charge in [-0.1, -0.05) is 6.07 Å². The Balaban J connectivity index is 0.000000352. The van der Waals surface area contributed by atoms with E-state index in [0.29, 0.717) is 0 Å². The van der Waals surface area contributed by atoms with Crippen molar-refractivity contribution in [3.8, 4) is 11.5 Å². The SMILES string of the molecule is COc1cc2c(cc1OC)C(c1cccnc1)NCC2.O=C(O)C(=O)O. The number of nitrogens with one attached hydrogen (secondary N) is 1. The zero-order valence-electron chi connectivity index (χ0n) is 14.4. The third kappa shape index (κ3) is 4.48. The fourth-order valence-corrected chi connectivity index (χ4v) is 2.73. The number of carboxylic acids is 2. The molecule has 8 heteroatoms. The van der Waals surface area contributed by atoms with Crippen LogP contribution in [0.15, 0.2) is 36.7 Å². The van der Waals surface area contributed by atoms with Gasteiger partial charge in [-0.15, -0.1) is 0 Å². The summed E-state index contributed by atoms with van der Waals surface area (Å²) >= 11 is 0. The number of hydrogen-bond donors (Lipinski definition) is 3. The number of aromatic nitrogens is 1. The summed E-state index contributed by atoms with van der Waals surface area (Å²) in [5.41, 5.74) is 3.71. The van der Waals surface area contributed by atoms with Crippen molar-refractivity contribution in [2.45, 2.75) is 12.5 Å². The lowest BCUT2D eigenvalue weighted by molar-refractivity contribution is -0.159. The summed E-state index contributed by atoms with van der Waals surface area (Å²) in [5, 5.41) is 18.3. The second-order valence-corrected chi connectivity index (χ2v) is 5.44. The molecule has 0 radical (unpaired) electrons. The third-order valence-electron chi connectivity index (χ3n) is 3.90. The number of aliphatic carboxylic acids is 2. The monoisotopic (exact) mass is 360 g/mol. The molecule has 8 nitrogen and oxygen atoms in total. The van der Waals surface area contributed by atoms with Crippen molar-refractivity contribution in [2.75, 3.05) is 20.8 Å². The van der Waals surface area contributed by atoms with Crippen molar-refractivity contribution >= 4 is 11.9 Å². The van der Waals surface area contributed by atoms with Crippen LogP contribution in [0.25, 0.3) is 0 Å². The molecule has 0 fully saturated rings. The van der Waals surface area contributed by atoms with E-state index in [1.54, 1.807) is 20.4 Å². The highest BCUT2D eigenvalue weighted by Crippen LogP contribution is 2.37. The second kappa shape index (κ2) is 8.82. The Morgan fingerprint density at radius 1 is 1.15 bits per heavy atom. The summed E-state index contributed by atoms with van der Waals surface area (Å²) in [5.74, 6) is -2.09. The first-order valence-corrected chi connectivity index (χ1v) is 7.82. The molecule has 1 unspecified atom stereocenters. The first kappa shape index (κ1) is 19.2. The van der Waals surface area contributed by atoms with Crippen LogP contribution in [-0.2, 0) is 16.0 Å². The molecule has 1 aromatic carbocycles. The van der Waals surface area contributed by atoms with Crippen LogP contribution in [0.3, 0.4) is 0 Å². The lowest BCUT2D eigenvalue weighted by atomic mass is 9.90. The van der Waals surface area contributed by atoms with Crippen LogP contribution in [0.2, 0.25) is 0 Å². The number of ether oxygens (including phenoxy) is 2. The average Bonchev–Trinajstić information content (AvgIpc) is 2.67. The molecular weight excluding hydrogens is 340 g/mol. The summed E-state index contributed by atoms with van der Waals surface area (Å²) in [6.45, 7) is 0.946. The number of methoxy groups -OCH3 is 2. The standard InChI is InChI=1S/C16H18N2O2.C2H2O4/c1-19-14-8-11-5-7-18-16(12-4-3-6-17-10-12)13(11)9-15(14)20-2;3-1(4)2(5)6/h3-4,6,8-10,16,18H,5,7H2,1-2H3;(H,3,4)(H,5,6). The second-order valence-electron chi connectivity index (χ2n) is 5.44. The van der Waals surface area contributed by atoms with Crippen molar-refractivity contribution in [3.05, 3.63) is 53.3 Å². The number of rotatable bonds is 3. The predicted molar refractivity (Wildman–Crippen MR) is 92.6 cm³/mol. The lowest BCUT2D eigenvalue weighted by Crippen LogP contribution is -2.30. The van der Waals surface area contributed by atoms with Gasteiger partial charge >= 0.3 is 11.9 Å². The van der Waals surface area contributed by atoms with E-state index in [0.717, 1.165) is 24.5 Å². The van der Waals surface area contributed by atoms with Crippen molar-refractivity contribution in [3.63, 3.8) is 0 Å². The summed E-state index contributed by atoms with van der Waals surface area (Å²) in [6.07, 6.45) is 4.69. The molecule has 3 rings (SSSR count). The summed E-state index contributed by atoms with van der Waals surface area (Å²) in [6, 6.07) is 8.37. The minimum absolute atomic E-state index is 0.159. The van der Waals surface area contributed by atoms with Gasteiger partial charge in [0.05, 0.1) is 20.3 Å². The first-order valence-electron chi connectivity index (χ1n) is 7.82. The van der Waals surface area contributed by atoms with Gasteiger partial charge in [-0.3, -0.25) is 4.98 Å². The van der Waals surface area contributed by atoms with Crippen LogP contribution in [0.4, 0.5) is 0 Å². The smallest absolute Gasteiger partial charge is 0.414 e. The highest BCUT2D eigenvalue weighted by Gasteiger charge is 2.23. The molecule has 0 bridgehead atoms. The van der Waals surface area contributed by atoms with E-state index in [9.17, 15) is 0 Å². The number of benzene rings is 1. The maximum atomic E-state index is 9.10. The lowest BCUT2D eigenvalue weighted by Gasteiger charge is -2.28. The maximum absolute atomic E-state index is 9.10. The Hall–Kier alpha value is -3.13. The van der Waals surface area contributed by atoms with Crippen LogP contribution in [0.1, 0.15) is 22.7 Å². The molecule has 1 aliphatic rings. The Kier molecular flexibility index (Phi) is 6.51. The highest BCUT2D eigenvalue weighted by molar-refractivity contribution is 6.27. The number of pyridine rings is 1. The predicted octanol–water partition coefficient (Wildman–Crippen LogP) is 1.49. The molecule has 1 aliphatic heterocycles. The summed E-state index contributed by atoms with van der Waals surface area (Å²) in [4.78, 5) is 22.4. The van der Waals surface area contributed by atoms with E-state index < -0.39 is 11.9 Å². The fraction of sp³-hybridized carbons (Fsp3) is 0.278. The van der Waals surface area contributed by atoms with Crippen LogP contribution in [-0.4, -0.2) is 47.9 Å². The normalized spacial score (nSPS) is 15.1. The van der Waals surface area contributed by atoms with E-state index in [4.69, 9.17) is 29.3 Å². The van der Waals surface area contributed by atoms with Gasteiger partial charge < -0.3 is 25.0 Å².